The van der Waals surface area contributed by atoms with Gasteiger partial charge in [0.2, 0.25) is 0 Å². The molecule has 23 heavy (non-hydrogen) atoms. The molecule has 0 aromatic heterocycles. The van der Waals surface area contributed by atoms with Gasteiger partial charge in [-0.1, -0.05) is 43.6 Å². The van der Waals surface area contributed by atoms with E-state index in [4.69, 9.17) is 16.3 Å². The van der Waals surface area contributed by atoms with Crippen molar-refractivity contribution in [1.82, 2.24) is 0 Å². The number of hydrogen-bond acceptors (Lipinski definition) is 2. The van der Waals surface area contributed by atoms with Gasteiger partial charge < -0.3 is 10.1 Å². The molecule has 0 aliphatic rings. The fourth-order valence-corrected chi connectivity index (χ4v) is 2.61. The van der Waals surface area contributed by atoms with Gasteiger partial charge in [0.1, 0.15) is 5.75 Å². The first kappa shape index (κ1) is 17.4. The molecule has 0 bridgehead atoms. The second-order valence-corrected chi connectivity index (χ2v) is 6.31. The molecule has 0 radical (unpaired) electrons. The topological polar surface area (TPSA) is 38.3 Å². The molecule has 1 N–H and O–H groups in total. The molecule has 0 aliphatic heterocycles. The van der Waals surface area contributed by atoms with Gasteiger partial charge in [-0.2, -0.15) is 0 Å². The number of rotatable bonds is 5. The van der Waals surface area contributed by atoms with Gasteiger partial charge in [-0.3, -0.25) is 4.79 Å². The summed E-state index contributed by atoms with van der Waals surface area (Å²) in [7, 11) is 0. The van der Waals surface area contributed by atoms with E-state index >= 15 is 0 Å². The molecule has 1 amide bonds. The van der Waals surface area contributed by atoms with Gasteiger partial charge in [0.15, 0.2) is 6.10 Å². The summed E-state index contributed by atoms with van der Waals surface area (Å²) in [5, 5.41) is 3.28. The van der Waals surface area contributed by atoms with Crippen molar-refractivity contribution >= 4 is 23.2 Å². The Morgan fingerprint density at radius 3 is 2.43 bits per heavy atom. The average Bonchev–Trinajstić information content (AvgIpc) is 2.49. The van der Waals surface area contributed by atoms with E-state index in [9.17, 15) is 4.79 Å². The Kier molecular flexibility index (Phi) is 5.67. The quantitative estimate of drug-likeness (QED) is 0.820. The third-order valence-electron chi connectivity index (χ3n) is 3.68. The van der Waals surface area contributed by atoms with Crippen molar-refractivity contribution < 1.29 is 9.53 Å². The number of anilines is 1. The third kappa shape index (κ3) is 4.49. The zero-order valence-corrected chi connectivity index (χ0v) is 14.6. The van der Waals surface area contributed by atoms with E-state index in [1.165, 1.54) is 5.56 Å². The Morgan fingerprint density at radius 2 is 1.83 bits per heavy atom. The minimum atomic E-state index is -0.615. The van der Waals surface area contributed by atoms with Crippen LogP contribution in [0.1, 0.15) is 37.8 Å². The number of carbonyl (C=O) groups is 1. The van der Waals surface area contributed by atoms with Crippen molar-refractivity contribution in [2.24, 2.45) is 0 Å². The predicted octanol–water partition coefficient (Wildman–Crippen LogP) is 5.18. The molecule has 1 unspecified atom stereocenters. The number of carbonyl (C=O) groups excluding carboxylic acids is 1. The third-order valence-corrected chi connectivity index (χ3v) is 4.01. The number of halogens is 1. The molecule has 0 aliphatic carbocycles. The van der Waals surface area contributed by atoms with Crippen LogP contribution in [-0.4, -0.2) is 12.0 Å². The minimum Gasteiger partial charge on any atom is -0.481 e. The average molecular weight is 332 g/mol. The predicted molar refractivity (Wildman–Crippen MR) is 95.4 cm³/mol. The second-order valence-electron chi connectivity index (χ2n) is 5.90. The van der Waals surface area contributed by atoms with Crippen LogP contribution in [0.2, 0.25) is 5.02 Å². The first-order valence-corrected chi connectivity index (χ1v) is 8.09. The Bertz CT molecular complexity index is 698. The van der Waals surface area contributed by atoms with E-state index in [2.05, 4.69) is 26.1 Å². The number of ether oxygens (including phenoxy) is 1. The first-order chi connectivity index (χ1) is 10.9. The van der Waals surface area contributed by atoms with Gasteiger partial charge in [-0.25, -0.2) is 0 Å². The van der Waals surface area contributed by atoms with Crippen molar-refractivity contribution in [2.45, 2.75) is 39.7 Å². The molecular weight excluding hydrogens is 310 g/mol. The van der Waals surface area contributed by atoms with Crippen LogP contribution in [0.4, 0.5) is 5.69 Å². The van der Waals surface area contributed by atoms with Crippen LogP contribution >= 0.6 is 11.6 Å². The van der Waals surface area contributed by atoms with Crippen molar-refractivity contribution in [3.8, 4) is 5.75 Å². The maximum atomic E-state index is 12.2. The number of para-hydroxylation sites is 1. The maximum absolute atomic E-state index is 12.2. The summed E-state index contributed by atoms with van der Waals surface area (Å²) in [5.74, 6) is 0.919. The Labute approximate surface area is 142 Å². The van der Waals surface area contributed by atoms with Gasteiger partial charge in [0.05, 0.1) is 10.7 Å². The van der Waals surface area contributed by atoms with Gasteiger partial charge in [0.25, 0.3) is 5.91 Å². The SMILES string of the molecule is Cc1cc(OC(C)C(=O)Nc2ccccc2Cl)ccc1C(C)C. The molecule has 2 aromatic carbocycles. The monoisotopic (exact) mass is 331 g/mol. The summed E-state index contributed by atoms with van der Waals surface area (Å²) in [6.45, 7) is 8.08. The van der Waals surface area contributed by atoms with Crippen LogP contribution in [0.25, 0.3) is 0 Å². The van der Waals surface area contributed by atoms with E-state index in [0.717, 1.165) is 5.56 Å². The molecule has 0 spiro atoms. The summed E-state index contributed by atoms with van der Waals surface area (Å²) in [5.41, 5.74) is 3.03. The van der Waals surface area contributed by atoms with E-state index in [0.29, 0.717) is 22.4 Å². The van der Waals surface area contributed by atoms with Crippen LogP contribution in [0.3, 0.4) is 0 Å². The molecule has 0 fully saturated rings. The van der Waals surface area contributed by atoms with E-state index in [-0.39, 0.29) is 5.91 Å². The Morgan fingerprint density at radius 1 is 1.13 bits per heavy atom. The first-order valence-electron chi connectivity index (χ1n) is 7.71. The molecule has 1 atom stereocenters. The number of amides is 1. The summed E-state index contributed by atoms with van der Waals surface area (Å²) >= 11 is 6.05. The van der Waals surface area contributed by atoms with Crippen molar-refractivity contribution in [2.75, 3.05) is 5.32 Å². The van der Waals surface area contributed by atoms with Crippen LogP contribution in [0, 0.1) is 6.92 Å². The van der Waals surface area contributed by atoms with Crippen molar-refractivity contribution in [3.63, 3.8) is 0 Å². The van der Waals surface area contributed by atoms with Crippen LogP contribution in [0.5, 0.6) is 5.75 Å². The molecular formula is C19H22ClNO2. The van der Waals surface area contributed by atoms with E-state index < -0.39 is 6.10 Å². The van der Waals surface area contributed by atoms with Gasteiger partial charge in [-0.05, 0) is 55.2 Å². The molecule has 2 rings (SSSR count). The van der Waals surface area contributed by atoms with E-state index in [1.54, 1.807) is 19.1 Å². The zero-order valence-electron chi connectivity index (χ0n) is 13.9. The largest absolute Gasteiger partial charge is 0.481 e. The van der Waals surface area contributed by atoms with Gasteiger partial charge in [0, 0.05) is 0 Å². The molecule has 122 valence electrons. The number of benzene rings is 2. The lowest BCUT2D eigenvalue weighted by molar-refractivity contribution is -0.122. The summed E-state index contributed by atoms with van der Waals surface area (Å²) in [4.78, 5) is 12.2. The smallest absolute Gasteiger partial charge is 0.265 e. The standard InChI is InChI=1S/C19H22ClNO2/c1-12(2)16-10-9-15(11-13(16)3)23-14(4)19(22)21-18-8-6-5-7-17(18)20/h5-12,14H,1-4H3,(H,21,22). The lowest BCUT2D eigenvalue weighted by Crippen LogP contribution is -2.30. The number of nitrogens with one attached hydrogen (secondary N) is 1. The fraction of sp³-hybridized carbons (Fsp3) is 0.316. The highest BCUT2D eigenvalue weighted by Gasteiger charge is 2.16. The normalized spacial score (nSPS) is 12.1. The summed E-state index contributed by atoms with van der Waals surface area (Å²) in [6.07, 6.45) is -0.615. The molecule has 2 aromatic rings. The minimum absolute atomic E-state index is 0.233. The highest BCUT2D eigenvalue weighted by atomic mass is 35.5. The molecule has 4 heteroatoms. The van der Waals surface area contributed by atoms with E-state index in [1.807, 2.05) is 30.3 Å². The lowest BCUT2D eigenvalue weighted by atomic mass is 9.98. The van der Waals surface area contributed by atoms with Crippen molar-refractivity contribution in [3.05, 3.63) is 58.6 Å². The highest BCUT2D eigenvalue weighted by molar-refractivity contribution is 6.33. The lowest BCUT2D eigenvalue weighted by Gasteiger charge is -2.17. The maximum Gasteiger partial charge on any atom is 0.265 e. The van der Waals surface area contributed by atoms with Crippen LogP contribution < -0.4 is 10.1 Å². The Balaban J connectivity index is 2.04. The summed E-state index contributed by atoms with van der Waals surface area (Å²) in [6, 6.07) is 13.0. The van der Waals surface area contributed by atoms with Gasteiger partial charge in [-0.15, -0.1) is 0 Å². The molecule has 3 nitrogen and oxygen atoms in total. The van der Waals surface area contributed by atoms with Crippen LogP contribution in [-0.2, 0) is 4.79 Å². The number of aryl methyl sites for hydroxylation is 1. The summed E-state index contributed by atoms with van der Waals surface area (Å²) < 4.78 is 5.75. The zero-order chi connectivity index (χ0) is 17.0. The highest BCUT2D eigenvalue weighted by Crippen LogP contribution is 2.25. The molecule has 0 saturated carbocycles. The van der Waals surface area contributed by atoms with Crippen molar-refractivity contribution in [1.29, 1.82) is 0 Å². The Hall–Kier alpha value is -2.00. The number of hydrogen-bond donors (Lipinski definition) is 1. The second kappa shape index (κ2) is 7.51. The fourth-order valence-electron chi connectivity index (χ4n) is 2.42. The van der Waals surface area contributed by atoms with Crippen LogP contribution in [0.15, 0.2) is 42.5 Å². The molecule has 0 saturated heterocycles. The molecule has 0 heterocycles. The van der Waals surface area contributed by atoms with Gasteiger partial charge >= 0.3 is 0 Å².